The van der Waals surface area contributed by atoms with Gasteiger partial charge in [-0.05, 0) is 57.0 Å². The number of nitrogens with one attached hydrogen (secondary N) is 1. The number of hydrogen-bond donors (Lipinski definition) is 1. The van der Waals surface area contributed by atoms with Crippen molar-refractivity contribution in [3.05, 3.63) is 56.7 Å². The Bertz CT molecular complexity index is 1270. The summed E-state index contributed by atoms with van der Waals surface area (Å²) in [5, 5.41) is 2.75. The Hall–Kier alpha value is -2.65. The highest BCUT2D eigenvalue weighted by molar-refractivity contribution is 7.92. The number of thiazole rings is 1. The number of aromatic nitrogens is 1. The van der Waals surface area contributed by atoms with Crippen molar-refractivity contribution < 1.29 is 13.2 Å². The summed E-state index contributed by atoms with van der Waals surface area (Å²) in [6.45, 7) is 7.74. The van der Waals surface area contributed by atoms with Crippen molar-refractivity contribution in [2.45, 2.75) is 34.2 Å². The van der Waals surface area contributed by atoms with Crippen LogP contribution >= 0.6 is 11.3 Å². The fourth-order valence-corrected chi connectivity index (χ4v) is 5.67. The molecule has 0 bridgehead atoms. The van der Waals surface area contributed by atoms with E-state index in [0.29, 0.717) is 17.9 Å². The second-order valence-electron chi connectivity index (χ2n) is 7.36. The third-order valence-corrected chi connectivity index (χ3v) is 6.89. The third kappa shape index (κ3) is 4.41. The van der Waals surface area contributed by atoms with Crippen LogP contribution in [0.15, 0.2) is 35.1 Å². The minimum absolute atomic E-state index is 0.0513. The summed E-state index contributed by atoms with van der Waals surface area (Å²) in [7, 11) is -3.67. The Morgan fingerprint density at radius 3 is 2.33 bits per heavy atom. The number of rotatable bonds is 6. The van der Waals surface area contributed by atoms with Gasteiger partial charge < -0.3 is 5.32 Å². The number of sulfonamides is 1. The first-order valence-electron chi connectivity index (χ1n) is 9.50. The maximum Gasteiger partial charge on any atom is 0.308 e. The van der Waals surface area contributed by atoms with Gasteiger partial charge in [-0.3, -0.25) is 18.5 Å². The van der Waals surface area contributed by atoms with Crippen molar-refractivity contribution in [3.8, 4) is 0 Å². The van der Waals surface area contributed by atoms with Gasteiger partial charge in [-0.1, -0.05) is 29.0 Å². The Morgan fingerprint density at radius 2 is 1.77 bits per heavy atom. The van der Waals surface area contributed by atoms with Gasteiger partial charge in [0.2, 0.25) is 15.9 Å². The first-order chi connectivity index (χ1) is 14.0. The maximum absolute atomic E-state index is 12.7. The molecule has 0 saturated heterocycles. The average Bonchev–Trinajstić information content (AvgIpc) is 2.93. The molecule has 2 aromatic carbocycles. The Morgan fingerprint density at radius 1 is 1.13 bits per heavy atom. The van der Waals surface area contributed by atoms with Gasteiger partial charge in [0.25, 0.3) is 0 Å². The summed E-state index contributed by atoms with van der Waals surface area (Å²) in [5.74, 6) is -0.457. The predicted octanol–water partition coefficient (Wildman–Crippen LogP) is 3.41. The molecule has 160 valence electrons. The lowest BCUT2D eigenvalue weighted by Crippen LogP contribution is -2.38. The normalized spacial score (nSPS) is 11.6. The number of aryl methyl sites for hydroxylation is 4. The van der Waals surface area contributed by atoms with Gasteiger partial charge in [0.15, 0.2) is 0 Å². The Labute approximate surface area is 180 Å². The SMILES string of the molecule is CCn1c(=O)sc2cc(NC(=O)CN(c3c(C)cc(C)cc3C)S(C)(=O)=O)ccc21. The van der Waals surface area contributed by atoms with Crippen molar-refractivity contribution in [2.75, 3.05) is 22.4 Å². The van der Waals surface area contributed by atoms with Crippen molar-refractivity contribution in [1.82, 2.24) is 4.57 Å². The number of carbonyl (C=O) groups is 1. The van der Waals surface area contributed by atoms with E-state index in [-0.39, 0.29) is 11.4 Å². The quantitative estimate of drug-likeness (QED) is 0.627. The molecule has 9 heteroatoms. The topological polar surface area (TPSA) is 88.5 Å². The minimum atomic E-state index is -3.67. The molecule has 30 heavy (non-hydrogen) atoms. The van der Waals surface area contributed by atoms with Crippen LogP contribution in [-0.4, -0.2) is 31.7 Å². The van der Waals surface area contributed by atoms with E-state index >= 15 is 0 Å². The van der Waals surface area contributed by atoms with Gasteiger partial charge in [-0.25, -0.2) is 8.42 Å². The van der Waals surface area contributed by atoms with E-state index in [1.165, 1.54) is 0 Å². The molecule has 0 aliphatic carbocycles. The van der Waals surface area contributed by atoms with E-state index in [9.17, 15) is 18.0 Å². The molecule has 1 heterocycles. The van der Waals surface area contributed by atoms with Crippen LogP contribution in [0.3, 0.4) is 0 Å². The maximum atomic E-state index is 12.7. The molecule has 0 aliphatic heterocycles. The molecular weight excluding hydrogens is 422 g/mol. The smallest absolute Gasteiger partial charge is 0.308 e. The van der Waals surface area contributed by atoms with Crippen LogP contribution in [0.4, 0.5) is 11.4 Å². The molecule has 7 nitrogen and oxygen atoms in total. The summed E-state index contributed by atoms with van der Waals surface area (Å²) in [6.07, 6.45) is 1.09. The lowest BCUT2D eigenvalue weighted by molar-refractivity contribution is -0.114. The number of nitrogens with zero attached hydrogens (tertiary/aromatic N) is 2. The monoisotopic (exact) mass is 447 g/mol. The number of fused-ring (bicyclic) bond motifs is 1. The lowest BCUT2D eigenvalue weighted by atomic mass is 10.1. The molecule has 1 amide bonds. The highest BCUT2D eigenvalue weighted by Gasteiger charge is 2.24. The average molecular weight is 448 g/mol. The zero-order chi connectivity index (χ0) is 22.2. The highest BCUT2D eigenvalue weighted by Crippen LogP contribution is 2.28. The van der Waals surface area contributed by atoms with Crippen molar-refractivity contribution >= 4 is 48.9 Å². The van der Waals surface area contributed by atoms with Crippen LogP contribution in [0.2, 0.25) is 0 Å². The van der Waals surface area contributed by atoms with Crippen LogP contribution in [0, 0.1) is 20.8 Å². The van der Waals surface area contributed by atoms with Crippen molar-refractivity contribution in [2.24, 2.45) is 0 Å². The lowest BCUT2D eigenvalue weighted by Gasteiger charge is -2.26. The number of benzene rings is 2. The second kappa shape index (κ2) is 8.23. The third-order valence-electron chi connectivity index (χ3n) is 4.84. The zero-order valence-corrected chi connectivity index (χ0v) is 19.3. The number of anilines is 2. The molecule has 0 atom stereocenters. The van der Waals surface area contributed by atoms with Gasteiger partial charge >= 0.3 is 4.87 Å². The van der Waals surface area contributed by atoms with E-state index < -0.39 is 15.9 Å². The van der Waals surface area contributed by atoms with Crippen LogP contribution in [0.1, 0.15) is 23.6 Å². The van der Waals surface area contributed by atoms with Gasteiger partial charge in [0.05, 0.1) is 22.2 Å². The first-order valence-corrected chi connectivity index (χ1v) is 12.2. The van der Waals surface area contributed by atoms with Crippen LogP contribution in [0.5, 0.6) is 0 Å². The van der Waals surface area contributed by atoms with E-state index in [2.05, 4.69) is 5.32 Å². The summed E-state index contributed by atoms with van der Waals surface area (Å²) in [4.78, 5) is 24.7. The molecule has 1 aromatic heterocycles. The van der Waals surface area contributed by atoms with E-state index in [4.69, 9.17) is 0 Å². The molecule has 3 rings (SSSR count). The molecular formula is C21H25N3O4S2. The van der Waals surface area contributed by atoms with Crippen LogP contribution in [-0.2, 0) is 21.4 Å². The minimum Gasteiger partial charge on any atom is -0.324 e. The van der Waals surface area contributed by atoms with Crippen LogP contribution < -0.4 is 14.5 Å². The molecule has 0 saturated carbocycles. The first kappa shape index (κ1) is 22.0. The molecule has 0 fully saturated rings. The number of hydrogen-bond acceptors (Lipinski definition) is 5. The second-order valence-corrected chi connectivity index (χ2v) is 10.3. The largest absolute Gasteiger partial charge is 0.324 e. The van der Waals surface area contributed by atoms with E-state index in [1.54, 1.807) is 22.8 Å². The summed E-state index contributed by atoms with van der Waals surface area (Å²) in [5.41, 5.74) is 4.46. The van der Waals surface area contributed by atoms with Crippen molar-refractivity contribution in [3.63, 3.8) is 0 Å². The van der Waals surface area contributed by atoms with Crippen LogP contribution in [0.25, 0.3) is 10.2 Å². The van der Waals surface area contributed by atoms with E-state index in [1.807, 2.05) is 39.8 Å². The predicted molar refractivity (Wildman–Crippen MR) is 123 cm³/mol. The zero-order valence-electron chi connectivity index (χ0n) is 17.6. The van der Waals surface area contributed by atoms with E-state index in [0.717, 1.165) is 48.8 Å². The Balaban J connectivity index is 1.89. The summed E-state index contributed by atoms with van der Waals surface area (Å²) >= 11 is 1.11. The van der Waals surface area contributed by atoms with Gasteiger partial charge in [-0.2, -0.15) is 0 Å². The molecule has 0 radical (unpaired) electrons. The molecule has 1 N–H and O–H groups in total. The highest BCUT2D eigenvalue weighted by atomic mass is 32.2. The van der Waals surface area contributed by atoms with Gasteiger partial charge in [-0.15, -0.1) is 0 Å². The summed E-state index contributed by atoms with van der Waals surface area (Å²) in [6, 6.07) is 9.03. The van der Waals surface area contributed by atoms with Gasteiger partial charge in [0.1, 0.15) is 6.54 Å². The van der Waals surface area contributed by atoms with Gasteiger partial charge in [0, 0.05) is 12.2 Å². The fourth-order valence-electron chi connectivity index (χ4n) is 3.70. The number of amides is 1. The number of carbonyl (C=O) groups excluding carboxylic acids is 1. The standard InChI is InChI=1S/C21H25N3O4S2/c1-6-23-17-8-7-16(11-18(17)29-21(23)26)22-19(25)12-24(30(5,27)28)20-14(3)9-13(2)10-15(20)4/h7-11H,6,12H2,1-5H3,(H,22,25). The molecule has 0 spiro atoms. The summed E-state index contributed by atoms with van der Waals surface area (Å²) < 4.78 is 28.5. The molecule has 0 unspecified atom stereocenters. The molecule has 3 aromatic rings. The Kier molecular flexibility index (Phi) is 6.05. The fraction of sp³-hybridized carbons (Fsp3) is 0.333. The molecule has 0 aliphatic rings. The van der Waals surface area contributed by atoms with Crippen molar-refractivity contribution in [1.29, 1.82) is 0 Å².